The van der Waals surface area contributed by atoms with Crippen LogP contribution in [-0.4, -0.2) is 16.5 Å². The molecule has 0 fully saturated rings. The second-order valence-electron chi connectivity index (χ2n) is 4.91. The molecule has 1 aromatic rings. The molecule has 0 radical (unpaired) electrons. The van der Waals surface area contributed by atoms with Gasteiger partial charge < -0.3 is 5.32 Å². The lowest BCUT2D eigenvalue weighted by molar-refractivity contribution is 0.507. The van der Waals surface area contributed by atoms with E-state index >= 15 is 0 Å². The summed E-state index contributed by atoms with van der Waals surface area (Å²) in [7, 11) is 0. The van der Waals surface area contributed by atoms with Crippen LogP contribution in [0.15, 0.2) is 27.7 Å². The first kappa shape index (κ1) is 13.0. The number of nitrogens with zero attached hydrogens (tertiary/aromatic N) is 1. The van der Waals surface area contributed by atoms with Crippen molar-refractivity contribution in [2.24, 2.45) is 4.99 Å². The Kier molecular flexibility index (Phi) is 3.83. The molecule has 0 amide bonds. The van der Waals surface area contributed by atoms with E-state index in [4.69, 9.17) is 4.99 Å². The third-order valence-corrected chi connectivity index (χ3v) is 4.16. The largest absolute Gasteiger partial charge is 0.335 e. The van der Waals surface area contributed by atoms with Gasteiger partial charge in [0, 0.05) is 15.9 Å². The van der Waals surface area contributed by atoms with Crippen LogP contribution in [0.3, 0.4) is 0 Å². The van der Waals surface area contributed by atoms with Gasteiger partial charge in [-0.2, -0.15) is 0 Å². The number of rotatable bonds is 1. The molecule has 1 aliphatic heterocycles. The number of aliphatic imine (C=N–C) groups is 1. The van der Waals surface area contributed by atoms with Crippen molar-refractivity contribution in [2.45, 2.75) is 32.7 Å². The number of amidine groups is 1. The molecular weight excluding hydrogens is 296 g/mol. The topological polar surface area (TPSA) is 24.4 Å². The van der Waals surface area contributed by atoms with Crippen LogP contribution in [-0.2, 0) is 0 Å². The number of hydrogen-bond donors (Lipinski definition) is 1. The molecule has 0 bridgehead atoms. The zero-order valence-electron chi connectivity index (χ0n) is 10.4. The summed E-state index contributed by atoms with van der Waals surface area (Å²) in [6.07, 6.45) is 1.14. The van der Waals surface area contributed by atoms with Crippen LogP contribution < -0.4 is 5.32 Å². The van der Waals surface area contributed by atoms with Crippen LogP contribution in [0.1, 0.15) is 25.8 Å². The van der Waals surface area contributed by atoms with E-state index in [9.17, 15) is 0 Å². The molecule has 0 aromatic heterocycles. The maximum absolute atomic E-state index is 4.73. The van der Waals surface area contributed by atoms with Gasteiger partial charge in [0.1, 0.15) is 0 Å². The van der Waals surface area contributed by atoms with Gasteiger partial charge in [-0.15, -0.1) is 0 Å². The Balaban J connectivity index is 2.18. The van der Waals surface area contributed by atoms with Gasteiger partial charge in [0.25, 0.3) is 0 Å². The predicted molar refractivity (Wildman–Crippen MR) is 81.1 cm³/mol. The van der Waals surface area contributed by atoms with Crippen molar-refractivity contribution >= 4 is 38.5 Å². The molecule has 92 valence electrons. The summed E-state index contributed by atoms with van der Waals surface area (Å²) in [6, 6.07) is 6.25. The van der Waals surface area contributed by atoms with Gasteiger partial charge >= 0.3 is 0 Å². The van der Waals surface area contributed by atoms with E-state index in [0.29, 0.717) is 0 Å². The van der Waals surface area contributed by atoms with Crippen LogP contribution in [0.25, 0.3) is 0 Å². The highest BCUT2D eigenvalue weighted by Gasteiger charge is 2.22. The predicted octanol–water partition coefficient (Wildman–Crippen LogP) is 4.44. The fourth-order valence-electron chi connectivity index (χ4n) is 1.71. The number of halogens is 1. The van der Waals surface area contributed by atoms with E-state index in [0.717, 1.165) is 27.5 Å². The van der Waals surface area contributed by atoms with Crippen LogP contribution in [0.5, 0.6) is 0 Å². The molecule has 1 aromatic carbocycles. The van der Waals surface area contributed by atoms with E-state index < -0.39 is 0 Å². The molecule has 1 N–H and O–H groups in total. The Morgan fingerprint density at radius 3 is 2.82 bits per heavy atom. The maximum atomic E-state index is 4.73. The molecule has 0 aliphatic carbocycles. The lowest BCUT2D eigenvalue weighted by atomic mass is 10.0. The highest BCUT2D eigenvalue weighted by atomic mass is 79.9. The molecule has 0 atom stereocenters. The maximum Gasteiger partial charge on any atom is 0.161 e. The van der Waals surface area contributed by atoms with Gasteiger partial charge in [-0.1, -0.05) is 27.7 Å². The third kappa shape index (κ3) is 3.49. The number of anilines is 1. The third-order valence-electron chi connectivity index (χ3n) is 2.79. The fraction of sp³-hybridized carbons (Fsp3) is 0.462. The monoisotopic (exact) mass is 312 g/mol. The molecule has 2 rings (SSSR count). The Morgan fingerprint density at radius 1 is 1.41 bits per heavy atom. The van der Waals surface area contributed by atoms with Crippen molar-refractivity contribution in [3.8, 4) is 0 Å². The number of benzene rings is 1. The summed E-state index contributed by atoms with van der Waals surface area (Å²) in [5, 5.41) is 4.46. The normalized spacial score (nSPS) is 18.7. The molecule has 0 spiro atoms. The molecule has 4 heteroatoms. The average molecular weight is 313 g/mol. The van der Waals surface area contributed by atoms with Crippen LogP contribution in [0.4, 0.5) is 5.69 Å². The molecule has 17 heavy (non-hydrogen) atoms. The lowest BCUT2D eigenvalue weighted by Crippen LogP contribution is -2.27. The summed E-state index contributed by atoms with van der Waals surface area (Å²) < 4.78 is 1.11. The first-order valence-electron chi connectivity index (χ1n) is 5.72. The highest BCUT2D eigenvalue weighted by Crippen LogP contribution is 2.28. The van der Waals surface area contributed by atoms with Crippen LogP contribution in [0, 0.1) is 6.92 Å². The van der Waals surface area contributed by atoms with Crippen molar-refractivity contribution in [2.75, 3.05) is 11.1 Å². The lowest BCUT2D eigenvalue weighted by Gasteiger charge is -2.26. The average Bonchev–Trinajstić information content (AvgIpc) is 2.21. The molecule has 2 nitrogen and oxygen atoms in total. The Hall–Kier alpha value is -0.480. The molecule has 1 aliphatic rings. The van der Waals surface area contributed by atoms with Gasteiger partial charge in [-0.3, -0.25) is 4.99 Å². The van der Waals surface area contributed by atoms with Crippen LogP contribution in [0.2, 0.25) is 0 Å². The molecular formula is C13H17BrN2S. The second kappa shape index (κ2) is 5.02. The van der Waals surface area contributed by atoms with Gasteiger partial charge in [0.15, 0.2) is 5.17 Å². The number of aryl methyl sites for hydroxylation is 1. The Morgan fingerprint density at radius 2 is 2.18 bits per heavy atom. The first-order chi connectivity index (χ1) is 7.96. The fourth-order valence-corrected chi connectivity index (χ4v) is 3.47. The summed E-state index contributed by atoms with van der Waals surface area (Å²) in [5.41, 5.74) is 2.43. The molecule has 0 saturated carbocycles. The smallest absolute Gasteiger partial charge is 0.161 e. The molecule has 1 heterocycles. The van der Waals surface area contributed by atoms with E-state index in [-0.39, 0.29) is 5.54 Å². The van der Waals surface area contributed by atoms with Crippen molar-refractivity contribution in [1.82, 2.24) is 0 Å². The quantitative estimate of drug-likeness (QED) is 0.829. The zero-order valence-corrected chi connectivity index (χ0v) is 12.8. The van der Waals surface area contributed by atoms with Crippen molar-refractivity contribution in [3.63, 3.8) is 0 Å². The minimum Gasteiger partial charge on any atom is -0.335 e. The SMILES string of the molecule is Cc1cc(Br)ccc1NC1=NC(C)(C)CCS1. The van der Waals surface area contributed by atoms with E-state index in [1.54, 1.807) is 11.8 Å². The minimum atomic E-state index is 0.0663. The van der Waals surface area contributed by atoms with E-state index in [1.165, 1.54) is 5.56 Å². The number of thioether (sulfide) groups is 1. The van der Waals surface area contributed by atoms with E-state index in [2.05, 4.69) is 60.2 Å². The summed E-state index contributed by atoms with van der Waals surface area (Å²) in [6.45, 7) is 6.47. The van der Waals surface area contributed by atoms with Gasteiger partial charge in [0.05, 0.1) is 5.54 Å². The number of nitrogens with one attached hydrogen (secondary N) is 1. The summed E-state index contributed by atoms with van der Waals surface area (Å²) in [4.78, 5) is 4.73. The van der Waals surface area contributed by atoms with Crippen molar-refractivity contribution in [1.29, 1.82) is 0 Å². The van der Waals surface area contributed by atoms with Gasteiger partial charge in [-0.25, -0.2) is 0 Å². The number of hydrogen-bond acceptors (Lipinski definition) is 3. The minimum absolute atomic E-state index is 0.0663. The van der Waals surface area contributed by atoms with Crippen molar-refractivity contribution in [3.05, 3.63) is 28.2 Å². The highest BCUT2D eigenvalue weighted by molar-refractivity contribution is 9.10. The molecule has 0 unspecified atom stereocenters. The van der Waals surface area contributed by atoms with Crippen molar-refractivity contribution < 1.29 is 0 Å². The first-order valence-corrected chi connectivity index (χ1v) is 7.50. The molecule has 0 saturated heterocycles. The second-order valence-corrected chi connectivity index (χ2v) is 6.91. The van der Waals surface area contributed by atoms with Crippen LogP contribution >= 0.6 is 27.7 Å². The Bertz CT molecular complexity index is 455. The standard InChI is InChI=1S/C13H17BrN2S/c1-9-8-10(14)4-5-11(9)15-12-16-13(2,3)6-7-17-12/h4-5,8H,6-7H2,1-3H3,(H,15,16). The van der Waals surface area contributed by atoms with E-state index in [1.807, 2.05) is 0 Å². The summed E-state index contributed by atoms with van der Waals surface area (Å²) in [5.74, 6) is 1.13. The Labute approximate surface area is 115 Å². The van der Waals surface area contributed by atoms with Gasteiger partial charge in [-0.05, 0) is 51.0 Å². The summed E-state index contributed by atoms with van der Waals surface area (Å²) >= 11 is 5.28. The zero-order chi connectivity index (χ0) is 12.5. The van der Waals surface area contributed by atoms with Gasteiger partial charge in [0.2, 0.25) is 0 Å².